The summed E-state index contributed by atoms with van der Waals surface area (Å²) in [7, 11) is 0. The number of carbonyl (C=O) groups is 1. The van der Waals surface area contributed by atoms with Gasteiger partial charge >= 0.3 is 0 Å². The van der Waals surface area contributed by atoms with Crippen molar-refractivity contribution in [2.75, 3.05) is 32.7 Å². The van der Waals surface area contributed by atoms with E-state index in [2.05, 4.69) is 29.7 Å². The van der Waals surface area contributed by atoms with E-state index in [1.54, 1.807) is 0 Å². The summed E-state index contributed by atoms with van der Waals surface area (Å²) in [5.74, 6) is 0. The number of nitrogens with zero attached hydrogens (tertiary/aromatic N) is 2. The van der Waals surface area contributed by atoms with Crippen molar-refractivity contribution in [1.82, 2.24) is 9.80 Å². The molecule has 1 aromatic carbocycles. The molecule has 0 spiro atoms. The Morgan fingerprint density at radius 1 is 1.10 bits per heavy atom. The molecule has 0 radical (unpaired) electrons. The third-order valence-electron chi connectivity index (χ3n) is 3.49. The van der Waals surface area contributed by atoms with E-state index in [-0.39, 0.29) is 0 Å². The molecule has 3 nitrogen and oxygen atoms in total. The topological polar surface area (TPSA) is 23.6 Å². The van der Waals surface area contributed by atoms with Crippen LogP contribution in [0.2, 0.25) is 5.02 Å². The molecule has 0 aromatic heterocycles. The van der Waals surface area contributed by atoms with Crippen LogP contribution < -0.4 is 0 Å². The standard InChI is InChI=1S/C16H25ClN2O/c1-3-18(4-2)10-11-19(9-6-12-20)14-15-7-5-8-16(17)13-15/h5,7-8,12-13H,3-4,6,9-11,14H2,1-2H3. The van der Waals surface area contributed by atoms with E-state index in [0.29, 0.717) is 6.42 Å². The molecule has 0 aliphatic rings. The number of likely N-dealkylation sites (N-methyl/N-ethyl adjacent to an activating group) is 1. The maximum absolute atomic E-state index is 10.6. The lowest BCUT2D eigenvalue weighted by Crippen LogP contribution is -2.35. The number of halogens is 1. The third-order valence-corrected chi connectivity index (χ3v) is 3.72. The lowest BCUT2D eigenvalue weighted by atomic mass is 10.2. The molecule has 0 N–H and O–H groups in total. The molecule has 4 heteroatoms. The maximum Gasteiger partial charge on any atom is 0.121 e. The summed E-state index contributed by atoms with van der Waals surface area (Å²) in [4.78, 5) is 15.3. The quantitative estimate of drug-likeness (QED) is 0.620. The van der Waals surface area contributed by atoms with E-state index in [4.69, 9.17) is 11.6 Å². The molecule has 0 heterocycles. The van der Waals surface area contributed by atoms with Gasteiger partial charge in [0.1, 0.15) is 6.29 Å². The zero-order chi connectivity index (χ0) is 14.8. The van der Waals surface area contributed by atoms with Gasteiger partial charge in [-0.15, -0.1) is 0 Å². The third kappa shape index (κ3) is 6.51. The Kier molecular flexibility index (Phi) is 8.51. The lowest BCUT2D eigenvalue weighted by molar-refractivity contribution is -0.108. The minimum Gasteiger partial charge on any atom is -0.303 e. The summed E-state index contributed by atoms with van der Waals surface area (Å²) < 4.78 is 0. The Morgan fingerprint density at radius 2 is 1.80 bits per heavy atom. The first-order valence-corrected chi connectivity index (χ1v) is 7.70. The number of hydrogen-bond acceptors (Lipinski definition) is 3. The number of carbonyl (C=O) groups excluding carboxylic acids is 1. The first kappa shape index (κ1) is 17.2. The van der Waals surface area contributed by atoms with Gasteiger partial charge in [0, 0.05) is 37.6 Å². The summed E-state index contributed by atoms with van der Waals surface area (Å²) >= 11 is 6.02. The highest BCUT2D eigenvalue weighted by Crippen LogP contribution is 2.12. The molecular weight excluding hydrogens is 272 g/mol. The normalized spacial score (nSPS) is 11.2. The minimum absolute atomic E-state index is 0.582. The zero-order valence-corrected chi connectivity index (χ0v) is 13.3. The van der Waals surface area contributed by atoms with Gasteiger partial charge in [-0.25, -0.2) is 0 Å². The molecule has 0 aliphatic carbocycles. The van der Waals surface area contributed by atoms with Gasteiger partial charge in [0.15, 0.2) is 0 Å². The van der Waals surface area contributed by atoms with E-state index < -0.39 is 0 Å². The molecule has 20 heavy (non-hydrogen) atoms. The molecule has 0 amide bonds. The summed E-state index contributed by atoms with van der Waals surface area (Å²) in [6.45, 7) is 10.1. The molecule has 0 saturated heterocycles. The minimum atomic E-state index is 0.582. The second-order valence-electron chi connectivity index (χ2n) is 4.89. The van der Waals surface area contributed by atoms with Crippen molar-refractivity contribution in [2.45, 2.75) is 26.8 Å². The largest absolute Gasteiger partial charge is 0.303 e. The van der Waals surface area contributed by atoms with Crippen molar-refractivity contribution in [3.8, 4) is 0 Å². The first-order chi connectivity index (χ1) is 9.69. The molecule has 0 saturated carbocycles. The number of aldehydes is 1. The molecule has 0 bridgehead atoms. The van der Waals surface area contributed by atoms with Gasteiger partial charge in [-0.3, -0.25) is 4.90 Å². The summed E-state index contributed by atoms with van der Waals surface area (Å²) in [6, 6.07) is 7.93. The first-order valence-electron chi connectivity index (χ1n) is 7.32. The van der Waals surface area contributed by atoms with Gasteiger partial charge in [-0.2, -0.15) is 0 Å². The van der Waals surface area contributed by atoms with Gasteiger partial charge in [0.2, 0.25) is 0 Å². The van der Waals surface area contributed by atoms with E-state index in [9.17, 15) is 4.79 Å². The van der Waals surface area contributed by atoms with Crippen molar-refractivity contribution >= 4 is 17.9 Å². The fraction of sp³-hybridized carbons (Fsp3) is 0.562. The fourth-order valence-electron chi connectivity index (χ4n) is 2.22. The summed E-state index contributed by atoms with van der Waals surface area (Å²) in [6.07, 6.45) is 1.57. The Morgan fingerprint density at radius 3 is 2.40 bits per heavy atom. The highest BCUT2D eigenvalue weighted by molar-refractivity contribution is 6.30. The molecule has 0 unspecified atom stereocenters. The van der Waals surface area contributed by atoms with Crippen LogP contribution in [0.3, 0.4) is 0 Å². The van der Waals surface area contributed by atoms with E-state index in [1.807, 2.05) is 18.2 Å². The molecule has 0 atom stereocenters. The van der Waals surface area contributed by atoms with Crippen LogP contribution in [0.5, 0.6) is 0 Å². The van der Waals surface area contributed by atoms with Gasteiger partial charge in [0.05, 0.1) is 0 Å². The van der Waals surface area contributed by atoms with Gasteiger partial charge in [-0.05, 0) is 30.8 Å². The summed E-state index contributed by atoms with van der Waals surface area (Å²) in [5.41, 5.74) is 1.20. The second-order valence-corrected chi connectivity index (χ2v) is 5.32. The number of hydrogen-bond donors (Lipinski definition) is 0. The Labute approximate surface area is 127 Å². The van der Waals surface area contributed by atoms with E-state index >= 15 is 0 Å². The Bertz CT molecular complexity index is 394. The molecule has 0 fully saturated rings. The molecule has 0 aliphatic heterocycles. The molecular formula is C16H25ClN2O. The Balaban J connectivity index is 2.56. The zero-order valence-electron chi connectivity index (χ0n) is 12.5. The van der Waals surface area contributed by atoms with Crippen LogP contribution in [0.1, 0.15) is 25.8 Å². The van der Waals surface area contributed by atoms with Crippen LogP contribution in [0.4, 0.5) is 0 Å². The highest BCUT2D eigenvalue weighted by atomic mass is 35.5. The van der Waals surface area contributed by atoms with Gasteiger partial charge < -0.3 is 9.69 Å². The number of rotatable bonds is 10. The summed E-state index contributed by atoms with van der Waals surface area (Å²) in [5, 5.41) is 0.765. The predicted molar refractivity (Wildman–Crippen MR) is 85.2 cm³/mol. The van der Waals surface area contributed by atoms with E-state index in [0.717, 1.165) is 50.6 Å². The fourth-order valence-corrected chi connectivity index (χ4v) is 2.43. The van der Waals surface area contributed by atoms with Crippen molar-refractivity contribution in [1.29, 1.82) is 0 Å². The average molecular weight is 297 g/mol. The molecule has 1 rings (SSSR count). The predicted octanol–water partition coefficient (Wildman–Crippen LogP) is 3.07. The highest BCUT2D eigenvalue weighted by Gasteiger charge is 2.08. The Hall–Kier alpha value is -0.900. The molecule has 1 aromatic rings. The van der Waals surface area contributed by atoms with Gasteiger partial charge in [-0.1, -0.05) is 37.6 Å². The maximum atomic E-state index is 10.6. The monoisotopic (exact) mass is 296 g/mol. The van der Waals surface area contributed by atoms with Crippen molar-refractivity contribution in [3.05, 3.63) is 34.9 Å². The van der Waals surface area contributed by atoms with Crippen LogP contribution in [0.25, 0.3) is 0 Å². The van der Waals surface area contributed by atoms with E-state index in [1.165, 1.54) is 5.56 Å². The average Bonchev–Trinajstić information content (AvgIpc) is 2.45. The van der Waals surface area contributed by atoms with Crippen LogP contribution >= 0.6 is 11.6 Å². The van der Waals surface area contributed by atoms with Crippen LogP contribution in [-0.2, 0) is 11.3 Å². The van der Waals surface area contributed by atoms with Crippen molar-refractivity contribution in [3.63, 3.8) is 0 Å². The van der Waals surface area contributed by atoms with Crippen LogP contribution in [0, 0.1) is 0 Å². The lowest BCUT2D eigenvalue weighted by Gasteiger charge is -2.26. The van der Waals surface area contributed by atoms with Crippen molar-refractivity contribution in [2.24, 2.45) is 0 Å². The molecule has 112 valence electrons. The van der Waals surface area contributed by atoms with Crippen molar-refractivity contribution < 1.29 is 4.79 Å². The van der Waals surface area contributed by atoms with Gasteiger partial charge in [0.25, 0.3) is 0 Å². The smallest absolute Gasteiger partial charge is 0.121 e. The number of benzene rings is 1. The van der Waals surface area contributed by atoms with Crippen LogP contribution in [0.15, 0.2) is 24.3 Å². The SMILES string of the molecule is CCN(CC)CCN(CCC=O)Cc1cccc(Cl)c1. The van der Waals surface area contributed by atoms with Crippen LogP contribution in [-0.4, -0.2) is 48.8 Å². The second kappa shape index (κ2) is 9.92.